The summed E-state index contributed by atoms with van der Waals surface area (Å²) in [5, 5.41) is 2.12. The van der Waals surface area contributed by atoms with Gasteiger partial charge in [-0.15, -0.1) is 0 Å². The molecule has 1 amide bonds. The summed E-state index contributed by atoms with van der Waals surface area (Å²) >= 11 is 0. The predicted molar refractivity (Wildman–Crippen MR) is 92.7 cm³/mol. The smallest absolute Gasteiger partial charge is 0.258 e. The molecule has 28 heavy (non-hydrogen) atoms. The van der Waals surface area contributed by atoms with E-state index in [4.69, 9.17) is 4.74 Å². The lowest BCUT2D eigenvalue weighted by Crippen LogP contribution is -2.23. The van der Waals surface area contributed by atoms with E-state index in [0.717, 1.165) is 10.4 Å². The average Bonchev–Trinajstić information content (AvgIpc) is 2.64. The maximum Gasteiger partial charge on any atom is 0.258 e. The summed E-state index contributed by atoms with van der Waals surface area (Å²) in [7, 11) is -1.39. The molecule has 0 unspecified atom stereocenters. The third-order valence-corrected chi connectivity index (χ3v) is 5.44. The van der Waals surface area contributed by atoms with Gasteiger partial charge in [0, 0.05) is 19.8 Å². The quantitative estimate of drug-likeness (QED) is 0.443. The summed E-state index contributed by atoms with van der Waals surface area (Å²) in [5.74, 6) is -9.08. The minimum Gasteiger partial charge on any atom is -0.492 e. The number of carbonyl (C=O) groups is 1. The van der Waals surface area contributed by atoms with E-state index in [9.17, 15) is 30.8 Å². The molecule has 2 rings (SSSR count). The number of hydrogen-bond donors (Lipinski definition) is 1. The summed E-state index contributed by atoms with van der Waals surface area (Å²) in [6.45, 7) is 1.81. The number of sulfonamides is 1. The number of halogens is 4. The van der Waals surface area contributed by atoms with E-state index in [-0.39, 0.29) is 29.0 Å². The lowest BCUT2D eigenvalue weighted by atomic mass is 10.1. The Hall–Kier alpha value is -2.66. The fourth-order valence-corrected chi connectivity index (χ4v) is 3.25. The van der Waals surface area contributed by atoms with Crippen molar-refractivity contribution in [2.45, 2.75) is 11.8 Å². The number of anilines is 1. The Morgan fingerprint density at radius 1 is 1.07 bits per heavy atom. The second-order valence-electron chi connectivity index (χ2n) is 5.68. The number of ether oxygens (including phenoxy) is 1. The van der Waals surface area contributed by atoms with Crippen molar-refractivity contribution in [3.8, 4) is 5.75 Å². The fourth-order valence-electron chi connectivity index (χ4n) is 2.20. The van der Waals surface area contributed by atoms with Crippen LogP contribution in [-0.2, 0) is 10.0 Å². The zero-order chi connectivity index (χ0) is 21.2. The van der Waals surface area contributed by atoms with E-state index in [1.807, 2.05) is 0 Å². The van der Waals surface area contributed by atoms with E-state index in [0.29, 0.717) is 0 Å². The van der Waals surface area contributed by atoms with Gasteiger partial charge in [0.25, 0.3) is 5.91 Å². The van der Waals surface area contributed by atoms with E-state index < -0.39 is 44.8 Å². The zero-order valence-electron chi connectivity index (χ0n) is 15.0. The second-order valence-corrected chi connectivity index (χ2v) is 7.80. The van der Waals surface area contributed by atoms with Crippen LogP contribution >= 0.6 is 0 Å². The topological polar surface area (TPSA) is 75.7 Å². The molecule has 1 N–H and O–H groups in total. The molecule has 0 aliphatic carbocycles. The summed E-state index contributed by atoms with van der Waals surface area (Å²) in [5.41, 5.74) is -1.19. The monoisotopic (exact) mass is 420 g/mol. The van der Waals surface area contributed by atoms with Crippen molar-refractivity contribution in [2.75, 3.05) is 26.0 Å². The van der Waals surface area contributed by atoms with Crippen molar-refractivity contribution in [2.24, 2.45) is 0 Å². The van der Waals surface area contributed by atoms with Gasteiger partial charge >= 0.3 is 0 Å². The van der Waals surface area contributed by atoms with Crippen molar-refractivity contribution < 1.29 is 35.5 Å². The van der Waals surface area contributed by atoms with Crippen molar-refractivity contribution in [3.63, 3.8) is 0 Å². The minimum absolute atomic E-state index is 0.0132. The van der Waals surface area contributed by atoms with Crippen LogP contribution in [0.1, 0.15) is 17.3 Å². The third-order valence-electron chi connectivity index (χ3n) is 3.61. The highest BCUT2D eigenvalue weighted by molar-refractivity contribution is 7.89. The predicted octanol–water partition coefficient (Wildman–Crippen LogP) is 3.14. The Kier molecular flexibility index (Phi) is 6.30. The number of nitrogens with zero attached hydrogens (tertiary/aromatic N) is 1. The molecular weight excluding hydrogens is 404 g/mol. The maximum absolute atomic E-state index is 13.8. The van der Waals surface area contributed by atoms with Gasteiger partial charge in [0.05, 0.1) is 12.2 Å². The number of nitrogens with one attached hydrogen (secondary N) is 1. The highest BCUT2D eigenvalue weighted by Crippen LogP contribution is 2.29. The summed E-state index contributed by atoms with van der Waals surface area (Å²) in [6, 6.07) is 3.77. The first-order valence-corrected chi connectivity index (χ1v) is 9.28. The molecule has 0 spiro atoms. The number of amides is 1. The average molecular weight is 420 g/mol. The fraction of sp³-hybridized carbons (Fsp3) is 0.235. The van der Waals surface area contributed by atoms with Crippen molar-refractivity contribution in [3.05, 3.63) is 53.1 Å². The molecule has 152 valence electrons. The molecule has 2 aromatic carbocycles. The van der Waals surface area contributed by atoms with Crippen LogP contribution in [0.5, 0.6) is 5.75 Å². The first kappa shape index (κ1) is 21.6. The summed E-state index contributed by atoms with van der Waals surface area (Å²) < 4.78 is 84.5. The highest BCUT2D eigenvalue weighted by atomic mass is 32.2. The molecule has 2 aromatic rings. The first-order chi connectivity index (χ1) is 13.0. The van der Waals surface area contributed by atoms with Crippen LogP contribution in [-0.4, -0.2) is 39.3 Å². The van der Waals surface area contributed by atoms with Gasteiger partial charge in [-0.25, -0.2) is 30.3 Å². The lowest BCUT2D eigenvalue weighted by molar-refractivity contribution is 0.102. The van der Waals surface area contributed by atoms with Crippen LogP contribution in [0.2, 0.25) is 0 Å². The molecule has 0 atom stereocenters. The van der Waals surface area contributed by atoms with E-state index in [2.05, 4.69) is 5.32 Å². The maximum atomic E-state index is 13.8. The molecule has 0 saturated heterocycles. The van der Waals surface area contributed by atoms with E-state index in [1.54, 1.807) is 6.92 Å². The molecule has 0 bridgehead atoms. The van der Waals surface area contributed by atoms with Gasteiger partial charge in [-0.05, 0) is 31.2 Å². The number of hydrogen-bond acceptors (Lipinski definition) is 4. The van der Waals surface area contributed by atoms with E-state index in [1.165, 1.54) is 26.2 Å². The molecule has 6 nitrogen and oxygen atoms in total. The van der Waals surface area contributed by atoms with Crippen LogP contribution in [0.3, 0.4) is 0 Å². The minimum atomic E-state index is -3.97. The molecule has 0 aromatic heterocycles. The van der Waals surface area contributed by atoms with Gasteiger partial charge < -0.3 is 10.1 Å². The molecule has 0 aliphatic heterocycles. The van der Waals surface area contributed by atoms with Gasteiger partial charge in [0.15, 0.2) is 23.3 Å². The molecular formula is C17H16F4N2O4S. The Morgan fingerprint density at radius 2 is 1.71 bits per heavy atom. The summed E-state index contributed by atoms with van der Waals surface area (Å²) in [6.07, 6.45) is 0. The summed E-state index contributed by atoms with van der Waals surface area (Å²) in [4.78, 5) is 11.9. The standard InChI is InChI=1S/C17H16F4N2O4S/c1-4-27-12-6-5-9(7-13(12)28(25,26)23(2)3)22-17(24)10-8-11(18)15(20)16(21)14(10)19/h5-8H,4H2,1-3H3,(H,22,24). The van der Waals surface area contributed by atoms with E-state index >= 15 is 0 Å². The van der Waals surface area contributed by atoms with Crippen molar-refractivity contribution in [1.82, 2.24) is 4.31 Å². The molecule has 0 fully saturated rings. The van der Waals surface area contributed by atoms with Crippen LogP contribution < -0.4 is 10.1 Å². The van der Waals surface area contributed by atoms with Crippen LogP contribution in [0, 0.1) is 23.3 Å². The Balaban J connectivity index is 2.47. The lowest BCUT2D eigenvalue weighted by Gasteiger charge is -2.17. The first-order valence-electron chi connectivity index (χ1n) is 7.84. The van der Waals surface area contributed by atoms with Gasteiger partial charge in [0.1, 0.15) is 10.6 Å². The second kappa shape index (κ2) is 8.15. The number of carbonyl (C=O) groups excluding carboxylic acids is 1. The SMILES string of the molecule is CCOc1ccc(NC(=O)c2cc(F)c(F)c(F)c2F)cc1S(=O)(=O)N(C)C. The van der Waals surface area contributed by atoms with Gasteiger partial charge in [-0.1, -0.05) is 0 Å². The molecule has 0 aliphatic rings. The number of benzene rings is 2. The van der Waals surface area contributed by atoms with Crippen molar-refractivity contribution in [1.29, 1.82) is 0 Å². The normalized spacial score (nSPS) is 11.6. The molecule has 0 saturated carbocycles. The Labute approximate surface area is 158 Å². The number of rotatable bonds is 6. The molecule has 11 heteroatoms. The van der Waals surface area contributed by atoms with Gasteiger partial charge in [0.2, 0.25) is 10.0 Å². The van der Waals surface area contributed by atoms with Crippen LogP contribution in [0.25, 0.3) is 0 Å². The van der Waals surface area contributed by atoms with Crippen LogP contribution in [0.4, 0.5) is 23.2 Å². The Morgan fingerprint density at radius 3 is 2.29 bits per heavy atom. The van der Waals surface area contributed by atoms with Crippen LogP contribution in [0.15, 0.2) is 29.2 Å². The Bertz CT molecular complexity index is 1030. The third kappa shape index (κ3) is 4.09. The van der Waals surface area contributed by atoms with Gasteiger partial charge in [-0.2, -0.15) is 0 Å². The zero-order valence-corrected chi connectivity index (χ0v) is 15.8. The highest BCUT2D eigenvalue weighted by Gasteiger charge is 2.25. The molecule has 0 radical (unpaired) electrons. The largest absolute Gasteiger partial charge is 0.492 e. The van der Waals surface area contributed by atoms with Crippen molar-refractivity contribution >= 4 is 21.6 Å². The molecule has 0 heterocycles. The van der Waals surface area contributed by atoms with Gasteiger partial charge in [-0.3, -0.25) is 4.79 Å².